The number of hydrogen-bond donors (Lipinski definition) is 1. The van der Waals surface area contributed by atoms with Crippen LogP contribution in [-0.2, 0) is 0 Å². The lowest BCUT2D eigenvalue weighted by Gasteiger charge is -2.26. The second-order valence-electron chi connectivity index (χ2n) is 5.11. The van der Waals surface area contributed by atoms with Gasteiger partial charge >= 0.3 is 0 Å². The number of Topliss-reactive ketones (excluding diaryl/α,β-unsaturated/α-hetero) is 1. The maximum absolute atomic E-state index is 11.9. The minimum atomic E-state index is -0.140. The van der Waals surface area contributed by atoms with Crippen molar-refractivity contribution < 1.29 is 4.79 Å². The van der Waals surface area contributed by atoms with Crippen molar-refractivity contribution in [2.75, 3.05) is 0 Å². The summed E-state index contributed by atoms with van der Waals surface area (Å²) in [5, 5.41) is 0.579. The van der Waals surface area contributed by atoms with E-state index >= 15 is 0 Å². The zero-order chi connectivity index (χ0) is 12.3. The number of nitrogens with two attached hydrogens (primary N) is 1. The Morgan fingerprint density at radius 3 is 2.56 bits per heavy atom. The number of carbonyl (C=O) groups excluding carboxylic acids is 1. The third-order valence-corrected chi connectivity index (χ3v) is 2.90. The fraction of sp³-hybridized carbons (Fsp3) is 0.462. The van der Waals surface area contributed by atoms with Crippen LogP contribution in [0.15, 0.2) is 24.3 Å². The van der Waals surface area contributed by atoms with Crippen molar-refractivity contribution in [1.82, 2.24) is 0 Å². The molecule has 0 saturated carbocycles. The van der Waals surface area contributed by atoms with Gasteiger partial charge in [0, 0.05) is 23.0 Å². The number of carbonyl (C=O) groups is 1. The van der Waals surface area contributed by atoms with Crippen LogP contribution in [0.1, 0.15) is 37.6 Å². The van der Waals surface area contributed by atoms with E-state index in [0.717, 1.165) is 0 Å². The Kier molecular flexibility index (Phi) is 4.11. The summed E-state index contributed by atoms with van der Waals surface area (Å²) in [7, 11) is 0. The first-order chi connectivity index (χ1) is 7.30. The van der Waals surface area contributed by atoms with Crippen molar-refractivity contribution in [1.29, 1.82) is 0 Å². The monoisotopic (exact) mass is 239 g/mol. The number of benzene rings is 1. The van der Waals surface area contributed by atoms with Gasteiger partial charge in [-0.2, -0.15) is 0 Å². The van der Waals surface area contributed by atoms with Crippen LogP contribution in [0.4, 0.5) is 0 Å². The average molecular weight is 240 g/mol. The Morgan fingerprint density at radius 2 is 2.06 bits per heavy atom. The van der Waals surface area contributed by atoms with Gasteiger partial charge in [-0.05, 0) is 17.5 Å². The maximum atomic E-state index is 11.9. The molecule has 0 aliphatic carbocycles. The lowest BCUT2D eigenvalue weighted by atomic mass is 9.84. The van der Waals surface area contributed by atoms with Crippen molar-refractivity contribution in [3.05, 3.63) is 34.9 Å². The molecule has 1 rings (SSSR count). The molecule has 2 nitrogen and oxygen atoms in total. The fourth-order valence-corrected chi connectivity index (χ4v) is 1.48. The predicted octanol–water partition coefficient (Wildman–Crippen LogP) is 3.29. The Hall–Kier alpha value is -0.860. The zero-order valence-corrected chi connectivity index (χ0v) is 10.7. The molecule has 3 heteroatoms. The number of rotatable bonds is 3. The number of halogens is 1. The fourth-order valence-electron chi connectivity index (χ4n) is 1.29. The molecule has 0 aliphatic heterocycles. The van der Waals surface area contributed by atoms with Gasteiger partial charge in [-0.15, -0.1) is 0 Å². The molecule has 0 aliphatic rings. The van der Waals surface area contributed by atoms with Gasteiger partial charge < -0.3 is 5.73 Å². The molecule has 0 saturated heterocycles. The standard InChI is InChI=1S/C13H18ClNO/c1-13(2,3)12(15)8-11(16)9-5-4-6-10(14)7-9/h4-7,12H,8,15H2,1-3H3. The van der Waals surface area contributed by atoms with Gasteiger partial charge in [-0.25, -0.2) is 0 Å². The molecule has 2 N–H and O–H groups in total. The summed E-state index contributed by atoms with van der Waals surface area (Å²) < 4.78 is 0. The predicted molar refractivity (Wildman–Crippen MR) is 67.8 cm³/mol. The molecule has 0 amide bonds. The Bertz CT molecular complexity index is 382. The highest BCUT2D eigenvalue weighted by molar-refractivity contribution is 6.31. The van der Waals surface area contributed by atoms with E-state index in [1.54, 1.807) is 24.3 Å². The second-order valence-corrected chi connectivity index (χ2v) is 5.55. The molecule has 0 heterocycles. The van der Waals surface area contributed by atoms with Crippen molar-refractivity contribution >= 4 is 17.4 Å². The van der Waals surface area contributed by atoms with Gasteiger partial charge in [0.25, 0.3) is 0 Å². The van der Waals surface area contributed by atoms with Crippen LogP contribution in [0.2, 0.25) is 5.02 Å². The highest BCUT2D eigenvalue weighted by atomic mass is 35.5. The van der Waals surface area contributed by atoms with E-state index in [9.17, 15) is 4.79 Å². The lowest BCUT2D eigenvalue weighted by molar-refractivity contribution is 0.0953. The average Bonchev–Trinajstić information content (AvgIpc) is 2.16. The van der Waals surface area contributed by atoms with E-state index in [4.69, 9.17) is 17.3 Å². The smallest absolute Gasteiger partial charge is 0.164 e. The third-order valence-electron chi connectivity index (χ3n) is 2.66. The van der Waals surface area contributed by atoms with E-state index in [2.05, 4.69) is 0 Å². The molecule has 0 aromatic heterocycles. The minimum Gasteiger partial charge on any atom is -0.327 e. The summed E-state index contributed by atoms with van der Waals surface area (Å²) in [6.07, 6.45) is 0.351. The molecular weight excluding hydrogens is 222 g/mol. The summed E-state index contributed by atoms with van der Waals surface area (Å²) in [4.78, 5) is 11.9. The Labute approximate surface area is 102 Å². The Balaban J connectivity index is 2.74. The molecule has 1 aromatic carbocycles. The molecule has 0 spiro atoms. The van der Waals surface area contributed by atoms with Crippen molar-refractivity contribution in [2.45, 2.75) is 33.2 Å². The number of hydrogen-bond acceptors (Lipinski definition) is 2. The Morgan fingerprint density at radius 1 is 1.44 bits per heavy atom. The van der Waals surface area contributed by atoms with Crippen LogP contribution in [0, 0.1) is 5.41 Å². The number of ketones is 1. The van der Waals surface area contributed by atoms with Gasteiger partial charge in [0.1, 0.15) is 0 Å². The van der Waals surface area contributed by atoms with Gasteiger partial charge in [0.15, 0.2) is 5.78 Å². The van der Waals surface area contributed by atoms with Crippen LogP contribution < -0.4 is 5.73 Å². The van der Waals surface area contributed by atoms with Crippen molar-refractivity contribution in [2.24, 2.45) is 11.1 Å². The first-order valence-corrected chi connectivity index (χ1v) is 5.73. The molecule has 0 fully saturated rings. The summed E-state index contributed by atoms with van der Waals surface area (Å²) in [5.41, 5.74) is 6.54. The molecule has 1 aromatic rings. The maximum Gasteiger partial charge on any atom is 0.164 e. The van der Waals surface area contributed by atoms with Gasteiger partial charge in [0.2, 0.25) is 0 Å². The topological polar surface area (TPSA) is 43.1 Å². The van der Waals surface area contributed by atoms with E-state index in [-0.39, 0.29) is 17.2 Å². The second kappa shape index (κ2) is 4.98. The van der Waals surface area contributed by atoms with Crippen LogP contribution in [0.3, 0.4) is 0 Å². The minimum absolute atomic E-state index is 0.0462. The third kappa shape index (κ3) is 3.62. The van der Waals surface area contributed by atoms with Gasteiger partial charge in [-0.3, -0.25) is 4.79 Å². The van der Waals surface area contributed by atoms with Crippen molar-refractivity contribution in [3.8, 4) is 0 Å². The highest BCUT2D eigenvalue weighted by Gasteiger charge is 2.23. The molecule has 0 radical (unpaired) electrons. The summed E-state index contributed by atoms with van der Waals surface area (Å²) in [6, 6.07) is 6.84. The van der Waals surface area contributed by atoms with E-state index in [1.165, 1.54) is 0 Å². The van der Waals surface area contributed by atoms with Crippen LogP contribution >= 0.6 is 11.6 Å². The first-order valence-electron chi connectivity index (χ1n) is 5.35. The molecule has 16 heavy (non-hydrogen) atoms. The molecule has 1 atom stereocenters. The molecule has 0 bridgehead atoms. The van der Waals surface area contributed by atoms with Crippen LogP contribution in [0.25, 0.3) is 0 Å². The molecular formula is C13H18ClNO. The molecule has 88 valence electrons. The quantitative estimate of drug-likeness (QED) is 0.823. The first kappa shape index (κ1) is 13.2. The lowest BCUT2D eigenvalue weighted by Crippen LogP contribution is -2.36. The normalized spacial score (nSPS) is 13.6. The molecule has 1 unspecified atom stereocenters. The van der Waals surface area contributed by atoms with Gasteiger partial charge in [-0.1, -0.05) is 44.5 Å². The zero-order valence-electron chi connectivity index (χ0n) is 9.96. The van der Waals surface area contributed by atoms with Crippen molar-refractivity contribution in [3.63, 3.8) is 0 Å². The van der Waals surface area contributed by atoms with Crippen LogP contribution in [-0.4, -0.2) is 11.8 Å². The van der Waals surface area contributed by atoms with E-state index < -0.39 is 0 Å². The van der Waals surface area contributed by atoms with E-state index in [1.807, 2.05) is 20.8 Å². The highest BCUT2D eigenvalue weighted by Crippen LogP contribution is 2.22. The summed E-state index contributed by atoms with van der Waals surface area (Å²) in [6.45, 7) is 6.09. The van der Waals surface area contributed by atoms with E-state index in [0.29, 0.717) is 17.0 Å². The summed E-state index contributed by atoms with van der Waals surface area (Å²) in [5.74, 6) is 0.0462. The largest absolute Gasteiger partial charge is 0.327 e. The SMILES string of the molecule is CC(C)(C)C(N)CC(=O)c1cccc(Cl)c1. The van der Waals surface area contributed by atoms with Crippen LogP contribution in [0.5, 0.6) is 0 Å². The summed E-state index contributed by atoms with van der Waals surface area (Å²) >= 11 is 5.83. The van der Waals surface area contributed by atoms with Gasteiger partial charge in [0.05, 0.1) is 0 Å².